The molecule has 2 atom stereocenters. The number of alkyl halides is 1. The van der Waals surface area contributed by atoms with E-state index in [9.17, 15) is 14.0 Å². The first-order chi connectivity index (χ1) is 16.3. The van der Waals surface area contributed by atoms with Gasteiger partial charge in [0.1, 0.15) is 17.5 Å². The Balaban J connectivity index is 1.43. The average molecular weight is 486 g/mol. The number of carbonyl (C=O) groups excluding carboxylic acids is 2. The topological polar surface area (TPSA) is 98.6 Å². The van der Waals surface area contributed by atoms with Crippen molar-refractivity contribution in [3.05, 3.63) is 41.6 Å². The van der Waals surface area contributed by atoms with Gasteiger partial charge in [0.15, 0.2) is 11.6 Å². The van der Waals surface area contributed by atoms with Gasteiger partial charge in [-0.25, -0.2) is 18.6 Å². The van der Waals surface area contributed by atoms with Crippen LogP contribution < -0.4 is 10.2 Å². The number of benzene rings is 1. The highest BCUT2D eigenvalue weighted by atomic mass is 35.5. The van der Waals surface area contributed by atoms with Crippen molar-refractivity contribution < 1.29 is 18.4 Å². The van der Waals surface area contributed by atoms with E-state index in [1.165, 1.54) is 16.0 Å². The molecule has 0 bridgehead atoms. The Bertz CT molecular complexity index is 1500. The number of pyridine rings is 1. The number of imidazole rings is 1. The fourth-order valence-corrected chi connectivity index (χ4v) is 4.64. The lowest BCUT2D eigenvalue weighted by Gasteiger charge is -2.20. The Morgan fingerprint density at radius 3 is 2.79 bits per heavy atom. The van der Waals surface area contributed by atoms with Gasteiger partial charge in [0, 0.05) is 42.8 Å². The predicted molar refractivity (Wildman–Crippen MR) is 122 cm³/mol. The van der Waals surface area contributed by atoms with Crippen molar-refractivity contribution in [3.8, 4) is 11.1 Å². The molecule has 174 valence electrons. The molecule has 12 heteroatoms. The molecule has 1 aliphatic heterocycles. The second-order valence-corrected chi connectivity index (χ2v) is 8.90. The van der Waals surface area contributed by atoms with E-state index in [2.05, 4.69) is 20.5 Å². The van der Waals surface area contributed by atoms with Crippen LogP contribution in [0.3, 0.4) is 0 Å². The van der Waals surface area contributed by atoms with Crippen molar-refractivity contribution in [2.45, 2.75) is 12.6 Å². The first-order valence-electron chi connectivity index (χ1n) is 10.6. The van der Waals surface area contributed by atoms with Crippen LogP contribution in [0, 0.1) is 11.7 Å². The van der Waals surface area contributed by atoms with E-state index in [1.54, 1.807) is 36.0 Å². The van der Waals surface area contributed by atoms with Crippen molar-refractivity contribution >= 4 is 51.6 Å². The third kappa shape index (κ3) is 3.11. The Hall–Kier alpha value is -3.73. The van der Waals surface area contributed by atoms with E-state index in [1.807, 2.05) is 0 Å². The SMILES string of the molecule is CN1CCN(c2c(F)c(Cl)c(-c3ccc4nc(NC(=O)[C@@H]5C[C@@H]5F)cn4c3)c3cn[nH]c23)C1=O. The van der Waals surface area contributed by atoms with Crippen molar-refractivity contribution in [1.82, 2.24) is 24.5 Å². The highest BCUT2D eigenvalue weighted by molar-refractivity contribution is 6.36. The number of rotatable bonds is 4. The molecule has 1 aromatic carbocycles. The molecule has 9 nitrogen and oxygen atoms in total. The zero-order valence-corrected chi connectivity index (χ0v) is 18.6. The second-order valence-electron chi connectivity index (χ2n) is 8.52. The summed E-state index contributed by atoms with van der Waals surface area (Å²) in [5.41, 5.74) is 1.96. The fraction of sp³-hybridized carbons (Fsp3) is 0.273. The molecule has 2 aliphatic rings. The van der Waals surface area contributed by atoms with E-state index in [0.717, 1.165) is 0 Å². The van der Waals surface area contributed by atoms with Crippen LogP contribution in [0.2, 0.25) is 5.02 Å². The smallest absolute Gasteiger partial charge is 0.324 e. The Morgan fingerprint density at radius 1 is 1.29 bits per heavy atom. The number of aromatic amines is 1. The largest absolute Gasteiger partial charge is 0.326 e. The van der Waals surface area contributed by atoms with E-state index >= 15 is 4.39 Å². The molecule has 0 unspecified atom stereocenters. The number of carbonyl (C=O) groups is 2. The van der Waals surface area contributed by atoms with Gasteiger partial charge in [0.2, 0.25) is 5.91 Å². The number of anilines is 2. The van der Waals surface area contributed by atoms with Crippen LogP contribution in [0.5, 0.6) is 0 Å². The van der Waals surface area contributed by atoms with Gasteiger partial charge in [-0.2, -0.15) is 5.10 Å². The molecule has 1 saturated heterocycles. The van der Waals surface area contributed by atoms with Gasteiger partial charge in [-0.1, -0.05) is 11.6 Å². The number of fused-ring (bicyclic) bond motifs is 2. The molecule has 3 aromatic heterocycles. The minimum absolute atomic E-state index is 0.0653. The summed E-state index contributed by atoms with van der Waals surface area (Å²) >= 11 is 6.53. The van der Waals surface area contributed by atoms with Crippen LogP contribution >= 0.6 is 11.6 Å². The number of H-pyrrole nitrogens is 1. The minimum Gasteiger partial charge on any atom is -0.326 e. The second kappa shape index (κ2) is 7.39. The van der Waals surface area contributed by atoms with E-state index in [4.69, 9.17) is 11.6 Å². The first-order valence-corrected chi connectivity index (χ1v) is 11.0. The molecule has 4 heterocycles. The molecule has 0 radical (unpaired) electrons. The van der Waals surface area contributed by atoms with Gasteiger partial charge in [-0.3, -0.25) is 14.8 Å². The standard InChI is InChI=1S/C22H18ClF2N7O2/c1-30-4-5-32(22(30)34)20-18(25)17(23)16(12-7-26-29-19(12)20)10-2-3-15-27-14(9-31(15)8-10)28-21(33)11-6-13(11)24/h2-3,7-9,11,13H,4-6H2,1H3,(H,26,29)(H,28,33)/t11-,13+/m1/s1. The number of aromatic nitrogens is 4. The minimum atomic E-state index is -1.10. The quantitative estimate of drug-likeness (QED) is 0.459. The molecule has 1 saturated carbocycles. The van der Waals surface area contributed by atoms with E-state index in [0.29, 0.717) is 46.6 Å². The average Bonchev–Trinajstić information content (AvgIpc) is 3.12. The van der Waals surface area contributed by atoms with Crippen molar-refractivity contribution in [2.75, 3.05) is 30.4 Å². The van der Waals surface area contributed by atoms with Gasteiger partial charge in [0.25, 0.3) is 0 Å². The van der Waals surface area contributed by atoms with E-state index < -0.39 is 23.8 Å². The van der Waals surface area contributed by atoms with Gasteiger partial charge >= 0.3 is 6.03 Å². The summed E-state index contributed by atoms with van der Waals surface area (Å²) in [6.07, 6.45) is 3.96. The Labute approximate surface area is 196 Å². The lowest BCUT2D eigenvalue weighted by molar-refractivity contribution is -0.117. The van der Waals surface area contributed by atoms with Crippen molar-refractivity contribution in [1.29, 1.82) is 0 Å². The number of likely N-dealkylation sites (N-methyl/N-ethyl adjacent to an activating group) is 1. The third-order valence-electron chi connectivity index (χ3n) is 6.29. The van der Waals surface area contributed by atoms with Gasteiger partial charge in [-0.15, -0.1) is 0 Å². The number of nitrogens with one attached hydrogen (secondary N) is 2. The summed E-state index contributed by atoms with van der Waals surface area (Å²) in [7, 11) is 1.65. The zero-order chi connectivity index (χ0) is 23.7. The molecule has 0 spiro atoms. The van der Waals surface area contributed by atoms with Crippen LogP contribution in [-0.4, -0.2) is 62.7 Å². The fourth-order valence-electron chi connectivity index (χ4n) is 4.34. The molecule has 2 fully saturated rings. The number of hydrogen-bond donors (Lipinski definition) is 2. The molecular weight excluding hydrogens is 468 g/mol. The summed E-state index contributed by atoms with van der Waals surface area (Å²) < 4.78 is 30.4. The summed E-state index contributed by atoms with van der Waals surface area (Å²) in [5, 5.41) is 9.92. The highest BCUT2D eigenvalue weighted by Gasteiger charge is 2.43. The summed E-state index contributed by atoms with van der Waals surface area (Å²) in [4.78, 5) is 31.7. The van der Waals surface area contributed by atoms with E-state index in [-0.39, 0.29) is 23.2 Å². The third-order valence-corrected chi connectivity index (χ3v) is 6.65. The number of urea groups is 1. The van der Waals surface area contributed by atoms with Crippen LogP contribution in [-0.2, 0) is 4.79 Å². The number of nitrogens with zero attached hydrogens (tertiary/aromatic N) is 5. The predicted octanol–water partition coefficient (Wildman–Crippen LogP) is 3.84. The Kier molecular flexibility index (Phi) is 4.53. The molecular formula is C22H18ClF2N7O2. The Morgan fingerprint density at radius 2 is 2.09 bits per heavy atom. The van der Waals surface area contributed by atoms with Crippen LogP contribution in [0.25, 0.3) is 27.7 Å². The zero-order valence-electron chi connectivity index (χ0n) is 17.8. The maximum absolute atomic E-state index is 15.6. The highest BCUT2D eigenvalue weighted by Crippen LogP contribution is 2.43. The molecule has 3 amide bonds. The molecule has 4 aromatic rings. The van der Waals surface area contributed by atoms with Crippen LogP contribution in [0.4, 0.5) is 25.1 Å². The monoisotopic (exact) mass is 485 g/mol. The van der Waals surface area contributed by atoms with Gasteiger partial charge in [-0.05, 0) is 18.6 Å². The maximum atomic E-state index is 15.6. The molecule has 34 heavy (non-hydrogen) atoms. The van der Waals surface area contributed by atoms with Crippen LogP contribution in [0.15, 0.2) is 30.7 Å². The lowest BCUT2D eigenvalue weighted by Crippen LogP contribution is -2.30. The number of amides is 3. The number of hydrogen-bond acceptors (Lipinski definition) is 4. The summed E-state index contributed by atoms with van der Waals surface area (Å²) in [6, 6.07) is 3.11. The van der Waals surface area contributed by atoms with Crippen molar-refractivity contribution in [3.63, 3.8) is 0 Å². The molecule has 1 aliphatic carbocycles. The van der Waals surface area contributed by atoms with Gasteiger partial charge in [0.05, 0.1) is 28.9 Å². The first kappa shape index (κ1) is 20.8. The normalized spacial score (nSPS) is 20.1. The van der Waals surface area contributed by atoms with Crippen molar-refractivity contribution in [2.24, 2.45) is 5.92 Å². The molecule has 6 rings (SSSR count). The lowest BCUT2D eigenvalue weighted by atomic mass is 10.0. The number of halogens is 3. The maximum Gasteiger partial charge on any atom is 0.324 e. The summed E-state index contributed by atoms with van der Waals surface area (Å²) in [5.74, 6) is -1.46. The van der Waals surface area contributed by atoms with Gasteiger partial charge < -0.3 is 14.6 Å². The molecule has 2 N–H and O–H groups in total. The van der Waals surface area contributed by atoms with Crippen LogP contribution in [0.1, 0.15) is 6.42 Å². The summed E-state index contributed by atoms with van der Waals surface area (Å²) in [6.45, 7) is 0.797.